The van der Waals surface area contributed by atoms with Gasteiger partial charge in [0.25, 0.3) is 0 Å². The number of piperidine rings is 1. The molecule has 4 rings (SSSR count). The third-order valence-corrected chi connectivity index (χ3v) is 8.15. The Bertz CT molecular complexity index is 1140. The van der Waals surface area contributed by atoms with Crippen LogP contribution in [0, 0.1) is 11.2 Å². The molecule has 1 saturated heterocycles. The van der Waals surface area contributed by atoms with Crippen LogP contribution in [-0.4, -0.2) is 53.2 Å². The van der Waals surface area contributed by atoms with Crippen LogP contribution < -0.4 is 5.73 Å². The van der Waals surface area contributed by atoms with E-state index in [1.807, 2.05) is 20.2 Å². The van der Waals surface area contributed by atoms with E-state index in [1.165, 1.54) is 17.7 Å². The molecule has 2 aliphatic rings. The van der Waals surface area contributed by atoms with Crippen LogP contribution in [0.1, 0.15) is 12.8 Å². The lowest BCUT2D eigenvalue weighted by atomic mass is 9.67. The normalized spacial score (nSPS) is 25.7. The van der Waals surface area contributed by atoms with Gasteiger partial charge in [0.2, 0.25) is 4.90 Å². The Morgan fingerprint density at radius 3 is 2.55 bits per heavy atom. The van der Waals surface area contributed by atoms with Gasteiger partial charge in [0.1, 0.15) is 5.82 Å². The fourth-order valence-electron chi connectivity index (χ4n) is 4.81. The summed E-state index contributed by atoms with van der Waals surface area (Å²) in [6.07, 6.45) is 4.89. The number of halogens is 1. The summed E-state index contributed by atoms with van der Waals surface area (Å²) in [6.45, 7) is 1.61. The fourth-order valence-corrected chi connectivity index (χ4v) is 6.38. The van der Waals surface area contributed by atoms with Gasteiger partial charge in [-0.3, -0.25) is 0 Å². The quantitative estimate of drug-likeness (QED) is 0.641. The standard InChI is InChI=1S/C25H29FN4O2S/c1-29(2)17-25-15-19(16-27)24(28-22-10-8-21(26)9-11-22)14-20(25)12-13-30(18-25)33(31,32)23-6-4-3-5-7-23/h3-11,14,16H,12-13,15,17-18,27H2,1-2H3/p+1. The molecule has 0 bridgehead atoms. The predicted octanol–water partition coefficient (Wildman–Crippen LogP) is 4.27. The van der Waals surface area contributed by atoms with Crippen LogP contribution >= 0.6 is 0 Å². The minimum atomic E-state index is -3.36. The molecule has 2 aromatic carbocycles. The average Bonchev–Trinajstić information content (AvgIpc) is 2.80. The molecule has 6 nitrogen and oxygen atoms in total. The molecule has 1 heterocycles. The summed E-state index contributed by atoms with van der Waals surface area (Å²) in [6, 6.07) is 14.9. The molecule has 0 amide bonds. The summed E-state index contributed by atoms with van der Waals surface area (Å²) in [4.78, 5) is 7.24. The zero-order chi connectivity index (χ0) is 23.6. The van der Waals surface area contributed by atoms with Gasteiger partial charge in [-0.05, 0) is 85.4 Å². The van der Waals surface area contributed by atoms with Gasteiger partial charge in [-0.1, -0.05) is 28.1 Å². The van der Waals surface area contributed by atoms with E-state index in [-0.39, 0.29) is 11.2 Å². The van der Waals surface area contributed by atoms with Gasteiger partial charge < -0.3 is 10.6 Å². The number of fused-ring (bicyclic) bond motifs is 1. The molecule has 2 atom stereocenters. The number of rotatable bonds is 5. The Balaban J connectivity index is 1.73. The van der Waals surface area contributed by atoms with Crippen molar-refractivity contribution in [2.45, 2.75) is 17.7 Å². The maximum atomic E-state index is 13.5. The van der Waals surface area contributed by atoms with Gasteiger partial charge >= 0.3 is 10.4 Å². The highest BCUT2D eigenvalue weighted by molar-refractivity contribution is 7.95. The molecule has 0 aromatic heterocycles. The van der Waals surface area contributed by atoms with Crippen molar-refractivity contribution in [1.29, 1.82) is 0 Å². The molecule has 174 valence electrons. The first-order chi connectivity index (χ1) is 15.7. The van der Waals surface area contributed by atoms with E-state index in [0.717, 1.165) is 11.3 Å². The number of allylic oxidation sites excluding steroid dienone is 2. The minimum Gasteiger partial charge on any atom is -0.404 e. The molecule has 1 aliphatic carbocycles. The predicted molar refractivity (Wildman–Crippen MR) is 131 cm³/mol. The van der Waals surface area contributed by atoms with Crippen LogP contribution in [0.4, 0.5) is 10.1 Å². The lowest BCUT2D eigenvalue weighted by Crippen LogP contribution is -2.54. The zero-order valence-electron chi connectivity index (χ0n) is 18.9. The van der Waals surface area contributed by atoms with E-state index in [4.69, 9.17) is 10.7 Å². The van der Waals surface area contributed by atoms with Crippen molar-refractivity contribution >= 4 is 21.8 Å². The third-order valence-electron chi connectivity index (χ3n) is 6.26. The maximum absolute atomic E-state index is 13.5. The van der Waals surface area contributed by atoms with Crippen LogP contribution in [0.25, 0.3) is 0 Å². The van der Waals surface area contributed by atoms with Crippen molar-refractivity contribution in [3.05, 3.63) is 83.8 Å². The molecule has 2 aromatic rings. The van der Waals surface area contributed by atoms with Crippen molar-refractivity contribution in [2.24, 2.45) is 16.1 Å². The van der Waals surface area contributed by atoms with Crippen molar-refractivity contribution in [3.63, 3.8) is 0 Å². The highest BCUT2D eigenvalue weighted by atomic mass is 32.3. The monoisotopic (exact) mass is 469 g/mol. The Kier molecular flexibility index (Phi) is 6.63. The first-order valence-electron chi connectivity index (χ1n) is 10.9. The number of aliphatic imine (C=N–C) groups is 1. The van der Waals surface area contributed by atoms with Gasteiger partial charge in [0, 0.05) is 12.0 Å². The minimum absolute atomic E-state index is 0.307. The highest BCUT2D eigenvalue weighted by Crippen LogP contribution is 2.46. The second kappa shape index (κ2) is 9.30. The Morgan fingerprint density at radius 1 is 1.21 bits per heavy atom. The largest absolute Gasteiger partial charge is 0.404 e. The van der Waals surface area contributed by atoms with Crippen LogP contribution in [-0.2, 0) is 14.6 Å². The van der Waals surface area contributed by atoms with Gasteiger partial charge in [-0.25, -0.2) is 9.38 Å². The van der Waals surface area contributed by atoms with Crippen molar-refractivity contribution in [1.82, 2.24) is 9.21 Å². The lowest BCUT2D eigenvalue weighted by Gasteiger charge is -2.46. The third kappa shape index (κ3) is 4.84. The van der Waals surface area contributed by atoms with E-state index in [9.17, 15) is 13.2 Å². The summed E-state index contributed by atoms with van der Waals surface area (Å²) in [5.41, 5.74) is 9.14. The summed E-state index contributed by atoms with van der Waals surface area (Å²) in [5, 5.41) is 0. The number of nitrogens with zero attached hydrogens (tertiary/aromatic N) is 3. The molecule has 3 N–H and O–H groups in total. The number of nitrogens with two attached hydrogens (primary N) is 1. The smallest absolute Gasteiger partial charge is 0.325 e. The molecule has 1 aliphatic heterocycles. The second-order valence-electron chi connectivity index (χ2n) is 8.95. The van der Waals surface area contributed by atoms with Gasteiger partial charge in [0.15, 0.2) is 0 Å². The first-order valence-corrected chi connectivity index (χ1v) is 12.4. The van der Waals surface area contributed by atoms with Crippen LogP contribution in [0.15, 0.2) is 87.9 Å². The van der Waals surface area contributed by atoms with Crippen LogP contribution in [0.3, 0.4) is 0 Å². The Morgan fingerprint density at radius 2 is 1.91 bits per heavy atom. The topological polar surface area (TPSA) is 82.2 Å². The molecular formula is C25H30FN4O2S+. The molecule has 0 radical (unpaired) electrons. The molecular weight excluding hydrogens is 439 g/mol. The number of hydrogen-bond donors (Lipinski definition) is 2. The molecule has 8 heteroatoms. The van der Waals surface area contributed by atoms with Crippen molar-refractivity contribution < 1.29 is 13.2 Å². The number of benzene rings is 2. The molecule has 0 saturated carbocycles. The van der Waals surface area contributed by atoms with E-state index in [1.54, 1.807) is 46.9 Å². The molecule has 1 fully saturated rings. The van der Waals surface area contributed by atoms with Crippen molar-refractivity contribution in [3.8, 4) is 0 Å². The zero-order valence-corrected chi connectivity index (χ0v) is 19.8. The van der Waals surface area contributed by atoms with Crippen LogP contribution in [0.2, 0.25) is 0 Å². The number of hydrogen-bond acceptors (Lipinski definition) is 4. The van der Waals surface area contributed by atoms with E-state index in [0.29, 0.717) is 43.1 Å². The first kappa shape index (κ1) is 23.5. The van der Waals surface area contributed by atoms with Crippen LogP contribution in [0.5, 0.6) is 0 Å². The maximum Gasteiger partial charge on any atom is 0.325 e. The lowest BCUT2D eigenvalue weighted by molar-refractivity contribution is 0.156. The van der Waals surface area contributed by atoms with Gasteiger partial charge in [-0.15, -0.1) is 0 Å². The van der Waals surface area contributed by atoms with Gasteiger partial charge in [0.05, 0.1) is 24.5 Å². The Hall–Kier alpha value is -2.65. The summed E-state index contributed by atoms with van der Waals surface area (Å²) in [7, 11) is 0.658. The molecule has 0 spiro atoms. The summed E-state index contributed by atoms with van der Waals surface area (Å²) < 4.78 is 39.6. The average molecular weight is 470 g/mol. The van der Waals surface area contributed by atoms with E-state index in [2.05, 4.69) is 11.0 Å². The van der Waals surface area contributed by atoms with Crippen molar-refractivity contribution in [2.75, 3.05) is 33.7 Å². The fraction of sp³-hybridized carbons (Fsp3) is 0.320. The molecule has 33 heavy (non-hydrogen) atoms. The van der Waals surface area contributed by atoms with E-state index >= 15 is 0 Å². The SMILES string of the molecule is CN(C)CC12CC(=CN)C(=Nc3ccc(F)cc3)C=C1CCN([S+](=O)(O)c1ccccc1)C2. The second-order valence-corrected chi connectivity index (χ2v) is 10.9. The highest BCUT2D eigenvalue weighted by Gasteiger charge is 2.51. The van der Waals surface area contributed by atoms with E-state index < -0.39 is 10.4 Å². The van der Waals surface area contributed by atoms with Gasteiger partial charge in [-0.2, -0.15) is 4.55 Å². The Labute approximate surface area is 195 Å². The summed E-state index contributed by atoms with van der Waals surface area (Å²) >= 11 is 0. The summed E-state index contributed by atoms with van der Waals surface area (Å²) in [5.74, 6) is -0.307. The molecule has 2 unspecified atom stereocenters.